The van der Waals surface area contributed by atoms with Crippen molar-refractivity contribution in [3.8, 4) is 0 Å². The number of aliphatic imine (C=N–C) groups is 1. The van der Waals surface area contributed by atoms with Gasteiger partial charge in [0, 0.05) is 84.6 Å². The molecule has 0 bridgehead atoms. The molecule has 23 N–H and O–H groups in total. The van der Waals surface area contributed by atoms with E-state index in [4.69, 9.17) is 28.7 Å². The number of carboxylic acid groups (broad SMARTS) is 2. The first-order valence-corrected chi connectivity index (χ1v) is 27.7. The van der Waals surface area contributed by atoms with Crippen molar-refractivity contribution in [2.75, 3.05) is 24.6 Å². The third-order valence-electron chi connectivity index (χ3n) is 12.8. The van der Waals surface area contributed by atoms with Crippen molar-refractivity contribution in [1.29, 1.82) is 0 Å². The highest BCUT2D eigenvalue weighted by Crippen LogP contribution is 2.20. The van der Waals surface area contributed by atoms with Crippen LogP contribution in [0.25, 0.3) is 10.9 Å². The number of nitrogens with one attached hydrogen (secondary N) is 11. The van der Waals surface area contributed by atoms with Gasteiger partial charge in [-0.3, -0.25) is 52.9 Å². The third-order valence-corrected chi connectivity index (χ3v) is 13.5. The Morgan fingerprint density at radius 1 is 0.560 bits per heavy atom. The maximum absolute atomic E-state index is 14.9. The lowest BCUT2D eigenvalue weighted by Crippen LogP contribution is -2.61. The first-order chi connectivity index (χ1) is 40.0. The van der Waals surface area contributed by atoms with Gasteiger partial charge in [-0.25, -0.2) is 14.8 Å². The van der Waals surface area contributed by atoms with E-state index in [-0.39, 0.29) is 81.2 Å². The molecule has 3 aromatic heterocycles. The van der Waals surface area contributed by atoms with Crippen molar-refractivity contribution in [3.05, 3.63) is 72.5 Å². The minimum atomic E-state index is -1.82. The lowest BCUT2D eigenvalue weighted by molar-refractivity contribution is -0.141. The highest BCUT2D eigenvalue weighted by Gasteiger charge is 2.36. The molecule has 4 aromatic rings. The van der Waals surface area contributed by atoms with Crippen LogP contribution in [0.1, 0.15) is 68.3 Å². The van der Waals surface area contributed by atoms with Crippen LogP contribution >= 0.6 is 25.3 Å². The minimum Gasteiger partial charge on any atom is -0.481 e. The molecule has 3 heterocycles. The van der Waals surface area contributed by atoms with Crippen molar-refractivity contribution in [2.45, 2.75) is 125 Å². The quantitative estimate of drug-likeness (QED) is 0.00863. The van der Waals surface area contributed by atoms with Gasteiger partial charge in [-0.05, 0) is 56.7 Å². The van der Waals surface area contributed by atoms with E-state index in [1.165, 1.54) is 25.0 Å². The fourth-order valence-corrected chi connectivity index (χ4v) is 8.73. The SMILES string of the molecule is NCCCC[C@H](NC(=O)[C@H](CC(N)=O)NC(=O)[C@H](Cc1cnc[nH]1)NC(=O)[C@H](Cc1c[nH]c2ccccc12)NC(=O)[C@H](CCCN=C(N)N)NC(=O)[C@H](CCC(=O)O)NC(=O)[C@@H](N)CS)C(=O)N[C@@H](Cc1cnc[nH]1)C(=O)N[C@@H](CS)C(=O)O. The van der Waals surface area contributed by atoms with Gasteiger partial charge in [-0.2, -0.15) is 25.3 Å². The van der Waals surface area contributed by atoms with Crippen LogP contribution in [0.3, 0.4) is 0 Å². The van der Waals surface area contributed by atoms with Gasteiger partial charge in [0.15, 0.2) is 5.96 Å². The molecule has 0 fully saturated rings. The number of carboxylic acids is 2. The number of H-pyrrole nitrogens is 3. The monoisotopic (exact) mass is 1210 g/mol. The lowest BCUT2D eigenvalue weighted by Gasteiger charge is -2.28. The Bertz CT molecular complexity index is 2900. The van der Waals surface area contributed by atoms with E-state index in [2.05, 4.69) is 97.7 Å². The van der Waals surface area contributed by atoms with E-state index in [0.29, 0.717) is 28.6 Å². The predicted molar refractivity (Wildman–Crippen MR) is 309 cm³/mol. The number of nitrogens with two attached hydrogens (primary N) is 5. The van der Waals surface area contributed by atoms with Crippen molar-refractivity contribution < 1.29 is 63.0 Å². The number of aromatic amines is 3. The smallest absolute Gasteiger partial charge is 0.327 e. The van der Waals surface area contributed by atoms with E-state index < -0.39 is 139 Å². The van der Waals surface area contributed by atoms with Crippen LogP contribution in [-0.2, 0) is 72.0 Å². The highest BCUT2D eigenvalue weighted by atomic mass is 32.1. The number of amides is 9. The van der Waals surface area contributed by atoms with Crippen LogP contribution in [0.2, 0.25) is 0 Å². The van der Waals surface area contributed by atoms with Crippen LogP contribution in [0, 0.1) is 0 Å². The lowest BCUT2D eigenvalue weighted by atomic mass is 10.0. The number of unbranched alkanes of at least 4 members (excludes halogenated alkanes) is 1. The number of carbonyl (C=O) groups is 11. The number of thiol groups is 2. The number of hydrogen-bond donors (Lipinski definition) is 20. The molecule has 32 nitrogen and oxygen atoms in total. The van der Waals surface area contributed by atoms with E-state index in [1.807, 2.05) is 0 Å². The zero-order valence-corrected chi connectivity index (χ0v) is 47.3. The standard InChI is InChI=1S/C50H73N19O13S2/c51-12-4-3-8-31(42(74)66-36(16-27-20-57-24-61-27)47(79)69-38(22-84)49(81)82)64-48(80)37(17-39(53)70)68-46(78)35(15-26-19-56-23-60-26)67-45(77)34(14-25-18-59-30-7-2-1-6-28(25)30)65-43(75)32(9-5-13-58-50(54)55)63-44(76)33(10-11-40(71)72)62-41(73)29(52)21-83/h1-2,6-7,18-20,23-24,29,31-38,59,83-84H,3-5,8-17,21-22,51-52H2,(H2,53,70)(H,56,60)(H,57,61)(H,62,73)(H,63,76)(H,64,80)(H,65,75)(H,66,74)(H,67,77)(H,68,78)(H,69,79)(H,71,72)(H,81,82)(H4,54,55,58)/t29-,31-,32-,33-,34-,35-,36-,37-,38-/m0/s1. The molecule has 0 aliphatic carbocycles. The maximum atomic E-state index is 14.9. The number of guanidine groups is 1. The number of primary amides is 1. The van der Waals surface area contributed by atoms with E-state index in [1.54, 1.807) is 30.5 Å². The third kappa shape index (κ3) is 22.5. The summed E-state index contributed by atoms with van der Waals surface area (Å²) in [6.45, 7) is 0.157. The van der Waals surface area contributed by atoms with E-state index >= 15 is 0 Å². The summed E-state index contributed by atoms with van der Waals surface area (Å²) in [4.78, 5) is 169. The molecule has 0 unspecified atom stereocenters. The zero-order valence-electron chi connectivity index (χ0n) is 45.5. The second kappa shape index (κ2) is 34.6. The summed E-state index contributed by atoms with van der Waals surface area (Å²) in [7, 11) is 0. The van der Waals surface area contributed by atoms with Crippen molar-refractivity contribution >= 4 is 107 Å². The normalized spacial score (nSPS) is 14.3. The Morgan fingerprint density at radius 2 is 1.02 bits per heavy atom. The Hall–Kier alpha value is -8.76. The highest BCUT2D eigenvalue weighted by molar-refractivity contribution is 7.80. The first-order valence-electron chi connectivity index (χ1n) is 26.4. The number of aliphatic carboxylic acids is 2. The minimum absolute atomic E-state index is 0.0299. The van der Waals surface area contributed by atoms with Gasteiger partial charge < -0.3 is 96.4 Å². The summed E-state index contributed by atoms with van der Waals surface area (Å²) in [5, 5.41) is 39.7. The Labute approximate surface area is 491 Å². The second-order valence-electron chi connectivity index (χ2n) is 19.3. The number of aromatic nitrogens is 5. The summed E-state index contributed by atoms with van der Waals surface area (Å²) in [6, 6.07) is -6.58. The molecule has 0 saturated heterocycles. The number of rotatable bonds is 38. The van der Waals surface area contributed by atoms with Gasteiger partial charge in [0.25, 0.3) is 0 Å². The molecule has 4 rings (SSSR count). The number of nitrogens with zero attached hydrogens (tertiary/aromatic N) is 3. The second-order valence-corrected chi connectivity index (χ2v) is 20.0. The fourth-order valence-electron chi connectivity index (χ4n) is 8.32. The molecule has 9 amide bonds. The van der Waals surface area contributed by atoms with Crippen molar-refractivity contribution in [1.82, 2.24) is 67.5 Å². The number of benzene rings is 1. The molecular formula is C50H73N19O13S2. The molecule has 458 valence electrons. The Balaban J connectivity index is 1.69. The number of fused-ring (bicyclic) bond motifs is 1. The fraction of sp³-hybridized carbons (Fsp3) is 0.480. The predicted octanol–water partition coefficient (Wildman–Crippen LogP) is -5.29. The molecule has 0 aliphatic heterocycles. The molecule has 84 heavy (non-hydrogen) atoms. The average molecular weight is 1210 g/mol. The summed E-state index contributed by atoms with van der Waals surface area (Å²) >= 11 is 8.01. The number of hydrogen-bond acceptors (Lipinski definition) is 18. The Kier molecular flexibility index (Phi) is 27.9. The number of para-hydroxylation sites is 1. The van der Waals surface area contributed by atoms with Crippen LogP contribution in [0.15, 0.2) is 60.5 Å². The van der Waals surface area contributed by atoms with Gasteiger partial charge >= 0.3 is 11.9 Å². The largest absolute Gasteiger partial charge is 0.481 e. The topological polar surface area (TPSA) is 540 Å². The van der Waals surface area contributed by atoms with Gasteiger partial charge in [-0.15, -0.1) is 0 Å². The Morgan fingerprint density at radius 3 is 1.50 bits per heavy atom. The maximum Gasteiger partial charge on any atom is 0.327 e. The average Bonchev–Trinajstić information content (AvgIpc) is 4.46. The van der Waals surface area contributed by atoms with Crippen LogP contribution < -0.4 is 71.2 Å². The van der Waals surface area contributed by atoms with E-state index in [9.17, 15) is 63.0 Å². The molecule has 1 aromatic carbocycles. The van der Waals surface area contributed by atoms with Crippen LogP contribution in [-0.4, -0.2) is 185 Å². The van der Waals surface area contributed by atoms with Gasteiger partial charge in [0.1, 0.15) is 48.3 Å². The summed E-state index contributed by atoms with van der Waals surface area (Å²) in [5.74, 6) is -12.3. The first kappa shape index (κ1) is 67.7. The van der Waals surface area contributed by atoms with E-state index in [0.717, 1.165) is 0 Å². The number of imidazole rings is 2. The van der Waals surface area contributed by atoms with Gasteiger partial charge in [0.05, 0.1) is 25.1 Å². The zero-order chi connectivity index (χ0) is 61.9. The molecule has 34 heteroatoms. The van der Waals surface area contributed by atoms with Crippen molar-refractivity contribution in [2.24, 2.45) is 33.7 Å². The number of carbonyl (C=O) groups excluding carboxylic acids is 9. The molecular weight excluding hydrogens is 1140 g/mol. The van der Waals surface area contributed by atoms with Crippen LogP contribution in [0.5, 0.6) is 0 Å². The molecule has 0 saturated carbocycles. The van der Waals surface area contributed by atoms with Gasteiger partial charge in [-0.1, -0.05) is 18.2 Å². The summed E-state index contributed by atoms with van der Waals surface area (Å²) in [6.07, 6.45) is 4.65. The van der Waals surface area contributed by atoms with Crippen LogP contribution in [0.4, 0.5) is 0 Å². The molecule has 9 atom stereocenters. The van der Waals surface area contributed by atoms with Gasteiger partial charge in [0.2, 0.25) is 53.2 Å². The summed E-state index contributed by atoms with van der Waals surface area (Å²) in [5.41, 5.74) is 30.0. The molecule has 0 spiro atoms. The summed E-state index contributed by atoms with van der Waals surface area (Å²) < 4.78 is 0. The molecule has 0 radical (unpaired) electrons. The molecule has 0 aliphatic rings. The van der Waals surface area contributed by atoms with Crippen molar-refractivity contribution in [3.63, 3.8) is 0 Å².